The first kappa shape index (κ1) is 22.5. The van der Waals surface area contributed by atoms with Crippen LogP contribution in [0.15, 0.2) is 18.2 Å². The minimum Gasteiger partial charge on any atom is -0.464 e. The Morgan fingerprint density at radius 2 is 2.14 bits per heavy atom. The summed E-state index contributed by atoms with van der Waals surface area (Å²) in [5.74, 6) is -1.45. The van der Waals surface area contributed by atoms with E-state index in [9.17, 15) is 14.0 Å². The lowest BCUT2D eigenvalue weighted by Gasteiger charge is -2.24. The zero-order valence-corrected chi connectivity index (χ0v) is 17.1. The lowest BCUT2D eigenvalue weighted by atomic mass is 10.0. The van der Waals surface area contributed by atoms with Gasteiger partial charge in [0.1, 0.15) is 11.9 Å². The van der Waals surface area contributed by atoms with E-state index in [0.29, 0.717) is 18.7 Å². The zero-order valence-electron chi connectivity index (χ0n) is 16.4. The first-order valence-corrected chi connectivity index (χ1v) is 9.81. The van der Waals surface area contributed by atoms with Crippen LogP contribution in [0.3, 0.4) is 0 Å². The Balaban J connectivity index is 2.04. The molecule has 1 aromatic carbocycles. The number of nitrogens with two attached hydrogens (primary N) is 1. The number of hydrogen-bond acceptors (Lipinski definition) is 6. The van der Waals surface area contributed by atoms with Crippen molar-refractivity contribution in [1.82, 2.24) is 15.8 Å². The highest BCUT2D eigenvalue weighted by Crippen LogP contribution is 2.31. The van der Waals surface area contributed by atoms with E-state index >= 15 is 0 Å². The van der Waals surface area contributed by atoms with Gasteiger partial charge in [-0.15, -0.1) is 11.6 Å². The zero-order chi connectivity index (χ0) is 20.8. The number of hydrazine groups is 1. The topological polar surface area (TPSA) is 96.7 Å². The number of halogens is 2. The van der Waals surface area contributed by atoms with Crippen molar-refractivity contribution in [2.24, 2.45) is 11.7 Å². The number of benzene rings is 1. The van der Waals surface area contributed by atoms with E-state index in [1.54, 1.807) is 6.07 Å². The average molecular weight is 415 g/mol. The van der Waals surface area contributed by atoms with E-state index < -0.39 is 23.7 Å². The predicted molar refractivity (Wildman–Crippen MR) is 105 cm³/mol. The van der Waals surface area contributed by atoms with Crippen LogP contribution in [0.2, 0.25) is 0 Å². The van der Waals surface area contributed by atoms with E-state index in [1.807, 2.05) is 25.8 Å². The molecule has 1 heterocycles. The number of carbonyl (C=O) groups is 2. The van der Waals surface area contributed by atoms with Gasteiger partial charge in [0.15, 0.2) is 0 Å². The van der Waals surface area contributed by atoms with E-state index in [0.717, 1.165) is 6.07 Å². The fraction of sp³-hybridized carbons (Fsp3) is 0.579. The molecule has 4 N–H and O–H groups in total. The lowest BCUT2D eigenvalue weighted by Crippen LogP contribution is -2.43. The number of hydrogen-bond donors (Lipinski definition) is 3. The first-order chi connectivity index (χ1) is 13.2. The normalized spacial score (nSPS) is 21.0. The summed E-state index contributed by atoms with van der Waals surface area (Å²) in [5, 5.41) is 4.22. The maximum absolute atomic E-state index is 14.1. The average Bonchev–Trinajstić information content (AvgIpc) is 3.03. The minimum absolute atomic E-state index is 0.105. The van der Waals surface area contributed by atoms with Gasteiger partial charge < -0.3 is 15.8 Å². The number of alkyl halides is 1. The number of esters is 1. The third kappa shape index (κ3) is 5.88. The van der Waals surface area contributed by atoms with Crippen molar-refractivity contribution in [3.05, 3.63) is 35.1 Å². The second kappa shape index (κ2) is 10.2. The summed E-state index contributed by atoms with van der Waals surface area (Å²) in [6.45, 7) is 7.18. The highest BCUT2D eigenvalue weighted by Gasteiger charge is 2.33. The van der Waals surface area contributed by atoms with Gasteiger partial charge in [0.2, 0.25) is 0 Å². The van der Waals surface area contributed by atoms with Crippen molar-refractivity contribution in [2.45, 2.75) is 38.2 Å². The molecule has 1 aliphatic heterocycles. The fourth-order valence-electron chi connectivity index (χ4n) is 2.97. The fourth-order valence-corrected chi connectivity index (χ4v) is 3.32. The summed E-state index contributed by atoms with van der Waals surface area (Å²) in [6, 6.07) is 2.89. The second-order valence-corrected chi connectivity index (χ2v) is 7.78. The van der Waals surface area contributed by atoms with Crippen molar-refractivity contribution < 1.29 is 18.7 Å². The third-order valence-electron chi connectivity index (χ3n) is 4.38. The van der Waals surface area contributed by atoms with Crippen molar-refractivity contribution in [1.29, 1.82) is 0 Å². The van der Waals surface area contributed by atoms with Crippen molar-refractivity contribution in [2.75, 3.05) is 26.2 Å². The van der Waals surface area contributed by atoms with E-state index in [-0.39, 0.29) is 36.1 Å². The van der Waals surface area contributed by atoms with Gasteiger partial charge in [-0.05, 0) is 29.7 Å². The Hall–Kier alpha value is -1.74. The van der Waals surface area contributed by atoms with Crippen molar-refractivity contribution in [3.8, 4) is 0 Å². The number of rotatable bonds is 8. The molecule has 0 bridgehead atoms. The van der Waals surface area contributed by atoms with Gasteiger partial charge in [0.25, 0.3) is 5.91 Å². The van der Waals surface area contributed by atoms with Gasteiger partial charge in [-0.3, -0.25) is 15.0 Å². The summed E-state index contributed by atoms with van der Waals surface area (Å²) >= 11 is 6.36. The van der Waals surface area contributed by atoms with E-state index in [2.05, 4.69) is 10.7 Å². The molecule has 3 atom stereocenters. The van der Waals surface area contributed by atoms with Gasteiger partial charge in [-0.1, -0.05) is 20.8 Å². The summed E-state index contributed by atoms with van der Waals surface area (Å²) in [6.07, 6.45) is 0. The molecule has 0 aliphatic carbocycles. The van der Waals surface area contributed by atoms with Crippen LogP contribution in [-0.2, 0) is 9.53 Å². The number of amides is 1. The minimum atomic E-state index is -0.988. The summed E-state index contributed by atoms with van der Waals surface area (Å²) < 4.78 is 19.2. The quantitative estimate of drug-likeness (QED) is 0.441. The molecular weight excluding hydrogens is 387 g/mol. The van der Waals surface area contributed by atoms with E-state index in [1.165, 1.54) is 6.07 Å². The van der Waals surface area contributed by atoms with Gasteiger partial charge in [0, 0.05) is 25.2 Å². The largest absolute Gasteiger partial charge is 0.464 e. The van der Waals surface area contributed by atoms with Crippen LogP contribution in [0.4, 0.5) is 4.39 Å². The molecule has 2 rings (SSSR count). The van der Waals surface area contributed by atoms with Crippen LogP contribution in [0.1, 0.15) is 42.7 Å². The SMILES string of the molecule is CCN1NCC(Cl)C1c1cc(F)cc(C(=O)NC[C@@H](N)C(=O)OCC(C)C)c1. The van der Waals surface area contributed by atoms with Gasteiger partial charge in [0.05, 0.1) is 18.0 Å². The highest BCUT2D eigenvalue weighted by molar-refractivity contribution is 6.21. The predicted octanol–water partition coefficient (Wildman–Crippen LogP) is 1.57. The number of nitrogens with one attached hydrogen (secondary N) is 2. The Morgan fingerprint density at radius 1 is 1.43 bits per heavy atom. The van der Waals surface area contributed by atoms with Crippen LogP contribution >= 0.6 is 11.6 Å². The molecule has 0 saturated carbocycles. The second-order valence-electron chi connectivity index (χ2n) is 7.22. The van der Waals surface area contributed by atoms with Crippen LogP contribution in [0, 0.1) is 11.7 Å². The Bertz CT molecular complexity index is 704. The molecule has 0 radical (unpaired) electrons. The maximum atomic E-state index is 14.1. The standard InChI is InChI=1S/C19H28ClFN4O3/c1-4-25-17(15(20)8-24-25)12-5-13(7-14(21)6-12)18(26)23-9-16(22)19(27)28-10-11(2)3/h5-7,11,15-17,24H,4,8-10,22H2,1-3H3,(H,23,26)/t15?,16-,17?/m1/s1. The molecule has 1 aromatic rings. The third-order valence-corrected chi connectivity index (χ3v) is 4.77. The van der Waals surface area contributed by atoms with Gasteiger partial charge >= 0.3 is 5.97 Å². The number of carbonyl (C=O) groups excluding carboxylic acids is 2. The van der Waals surface area contributed by atoms with E-state index in [4.69, 9.17) is 22.1 Å². The van der Waals surface area contributed by atoms with Crippen molar-refractivity contribution >= 4 is 23.5 Å². The molecule has 1 fully saturated rings. The molecule has 0 spiro atoms. The summed E-state index contributed by atoms with van der Waals surface area (Å²) in [7, 11) is 0. The molecule has 28 heavy (non-hydrogen) atoms. The molecule has 1 saturated heterocycles. The smallest absolute Gasteiger partial charge is 0.324 e. The molecule has 2 unspecified atom stereocenters. The van der Waals surface area contributed by atoms with Gasteiger partial charge in [-0.2, -0.15) is 0 Å². The van der Waals surface area contributed by atoms with Crippen LogP contribution in [0.25, 0.3) is 0 Å². The maximum Gasteiger partial charge on any atom is 0.324 e. The summed E-state index contributed by atoms with van der Waals surface area (Å²) in [5.41, 5.74) is 9.66. The molecule has 156 valence electrons. The summed E-state index contributed by atoms with van der Waals surface area (Å²) in [4.78, 5) is 24.2. The Labute approximate surface area is 169 Å². The molecule has 1 aliphatic rings. The lowest BCUT2D eigenvalue weighted by molar-refractivity contribution is -0.146. The first-order valence-electron chi connectivity index (χ1n) is 9.38. The molecule has 9 heteroatoms. The molecular formula is C19H28ClFN4O3. The Morgan fingerprint density at radius 3 is 2.79 bits per heavy atom. The van der Waals surface area contributed by atoms with Crippen LogP contribution in [-0.4, -0.2) is 54.5 Å². The molecule has 1 amide bonds. The Kier molecular flexibility index (Phi) is 8.18. The molecule has 7 nitrogen and oxygen atoms in total. The van der Waals surface area contributed by atoms with Crippen molar-refractivity contribution in [3.63, 3.8) is 0 Å². The number of ether oxygens (including phenoxy) is 1. The van der Waals surface area contributed by atoms with Crippen LogP contribution in [0.5, 0.6) is 0 Å². The highest BCUT2D eigenvalue weighted by atomic mass is 35.5. The molecule has 0 aromatic heterocycles. The van der Waals surface area contributed by atoms with Crippen LogP contribution < -0.4 is 16.5 Å². The number of nitrogens with zero attached hydrogens (tertiary/aromatic N) is 1. The van der Waals surface area contributed by atoms with Gasteiger partial charge in [-0.25, -0.2) is 9.40 Å². The monoisotopic (exact) mass is 414 g/mol.